The summed E-state index contributed by atoms with van der Waals surface area (Å²) >= 11 is 0. The number of ether oxygens (including phenoxy) is 1. The average molecular weight is 257 g/mol. The largest absolute Gasteiger partial charge is 0.438 e. The lowest BCUT2D eigenvalue weighted by atomic mass is 10.1. The van der Waals surface area contributed by atoms with Gasteiger partial charge in [0.2, 0.25) is 5.88 Å². The van der Waals surface area contributed by atoms with Crippen LogP contribution >= 0.6 is 0 Å². The highest BCUT2D eigenvalue weighted by molar-refractivity contribution is 5.50. The molecule has 2 rings (SSSR count). The van der Waals surface area contributed by atoms with Crippen LogP contribution in [0.2, 0.25) is 0 Å². The maximum absolute atomic E-state index is 5.96. The van der Waals surface area contributed by atoms with Crippen LogP contribution in [-0.2, 0) is 6.42 Å². The molecule has 1 heterocycles. The summed E-state index contributed by atoms with van der Waals surface area (Å²) in [4.78, 5) is 8.46. The zero-order valence-electron chi connectivity index (χ0n) is 11.8. The minimum atomic E-state index is 0.621. The Labute approximate surface area is 113 Å². The molecule has 0 saturated heterocycles. The molecule has 0 atom stereocenters. The van der Waals surface area contributed by atoms with E-state index in [0.717, 1.165) is 29.1 Å². The molecule has 0 fully saturated rings. The molecule has 1 aromatic carbocycles. The third-order valence-corrected chi connectivity index (χ3v) is 3.05. The van der Waals surface area contributed by atoms with Crippen molar-refractivity contribution >= 4 is 5.82 Å². The number of hydrogen-bond acceptors (Lipinski definition) is 4. The van der Waals surface area contributed by atoms with Gasteiger partial charge in [0.25, 0.3) is 0 Å². The topological polar surface area (TPSA) is 47.0 Å². The lowest BCUT2D eigenvalue weighted by Gasteiger charge is -2.13. The highest BCUT2D eigenvalue weighted by atomic mass is 16.5. The smallest absolute Gasteiger partial charge is 0.227 e. The van der Waals surface area contributed by atoms with Crippen LogP contribution in [0.4, 0.5) is 5.82 Å². The summed E-state index contributed by atoms with van der Waals surface area (Å²) in [6.45, 7) is 6.14. The minimum Gasteiger partial charge on any atom is -0.438 e. The standard InChI is InChI=1S/C15H19N3O/c1-5-12-14(16-4)17-9-18-15(12)19-13-8-10(2)6-7-11(13)3/h6-9H,5H2,1-4H3,(H,16,17,18). The van der Waals surface area contributed by atoms with E-state index >= 15 is 0 Å². The molecule has 2 aromatic rings. The molecular weight excluding hydrogens is 238 g/mol. The van der Waals surface area contributed by atoms with E-state index in [1.807, 2.05) is 27.0 Å². The van der Waals surface area contributed by atoms with Crippen LogP contribution in [0.15, 0.2) is 24.5 Å². The molecule has 4 heteroatoms. The van der Waals surface area contributed by atoms with Crippen molar-refractivity contribution in [2.24, 2.45) is 0 Å². The van der Waals surface area contributed by atoms with Gasteiger partial charge in [0.1, 0.15) is 17.9 Å². The fraction of sp³-hybridized carbons (Fsp3) is 0.333. The molecule has 4 nitrogen and oxygen atoms in total. The molecule has 0 amide bonds. The van der Waals surface area contributed by atoms with E-state index in [-0.39, 0.29) is 0 Å². The number of nitrogens with one attached hydrogen (secondary N) is 1. The van der Waals surface area contributed by atoms with E-state index < -0.39 is 0 Å². The van der Waals surface area contributed by atoms with E-state index in [1.54, 1.807) is 0 Å². The number of rotatable bonds is 4. The number of nitrogens with zero attached hydrogens (tertiary/aromatic N) is 2. The molecule has 100 valence electrons. The predicted octanol–water partition coefficient (Wildman–Crippen LogP) is 3.49. The normalized spacial score (nSPS) is 10.3. The summed E-state index contributed by atoms with van der Waals surface area (Å²) in [5.41, 5.74) is 3.25. The van der Waals surface area contributed by atoms with Crippen LogP contribution in [0.25, 0.3) is 0 Å². The predicted molar refractivity (Wildman–Crippen MR) is 76.9 cm³/mol. The molecular formula is C15H19N3O. The Morgan fingerprint density at radius 2 is 2.00 bits per heavy atom. The first kappa shape index (κ1) is 13.3. The Hall–Kier alpha value is -2.10. The first-order valence-corrected chi connectivity index (χ1v) is 6.42. The lowest BCUT2D eigenvalue weighted by molar-refractivity contribution is 0.452. The highest BCUT2D eigenvalue weighted by Crippen LogP contribution is 2.29. The van der Waals surface area contributed by atoms with Crippen molar-refractivity contribution in [1.82, 2.24) is 9.97 Å². The number of hydrogen-bond donors (Lipinski definition) is 1. The van der Waals surface area contributed by atoms with Gasteiger partial charge in [0.15, 0.2) is 0 Å². The molecule has 0 aliphatic heterocycles. The van der Waals surface area contributed by atoms with Crippen LogP contribution in [-0.4, -0.2) is 17.0 Å². The van der Waals surface area contributed by atoms with Gasteiger partial charge in [0.05, 0.1) is 5.56 Å². The van der Waals surface area contributed by atoms with Gasteiger partial charge in [-0.1, -0.05) is 19.1 Å². The van der Waals surface area contributed by atoms with Crippen molar-refractivity contribution in [3.8, 4) is 11.6 Å². The van der Waals surface area contributed by atoms with E-state index in [4.69, 9.17) is 4.74 Å². The summed E-state index contributed by atoms with van der Waals surface area (Å²) in [6.07, 6.45) is 2.34. The third-order valence-electron chi connectivity index (χ3n) is 3.05. The Morgan fingerprint density at radius 3 is 2.68 bits per heavy atom. The maximum Gasteiger partial charge on any atom is 0.227 e. The van der Waals surface area contributed by atoms with Crippen LogP contribution in [0.1, 0.15) is 23.6 Å². The fourth-order valence-corrected chi connectivity index (χ4v) is 1.94. The quantitative estimate of drug-likeness (QED) is 0.910. The van der Waals surface area contributed by atoms with Crippen molar-refractivity contribution in [1.29, 1.82) is 0 Å². The maximum atomic E-state index is 5.96. The van der Waals surface area contributed by atoms with E-state index in [2.05, 4.69) is 34.3 Å². The van der Waals surface area contributed by atoms with E-state index in [9.17, 15) is 0 Å². The minimum absolute atomic E-state index is 0.621. The van der Waals surface area contributed by atoms with Gasteiger partial charge in [0, 0.05) is 7.05 Å². The summed E-state index contributed by atoms with van der Waals surface area (Å²) in [6, 6.07) is 6.15. The van der Waals surface area contributed by atoms with Crippen molar-refractivity contribution in [2.75, 3.05) is 12.4 Å². The molecule has 0 unspecified atom stereocenters. The number of anilines is 1. The van der Waals surface area contributed by atoms with Gasteiger partial charge >= 0.3 is 0 Å². The molecule has 0 saturated carbocycles. The second kappa shape index (κ2) is 5.69. The van der Waals surface area contributed by atoms with Crippen molar-refractivity contribution < 1.29 is 4.74 Å². The van der Waals surface area contributed by atoms with Crippen LogP contribution in [0, 0.1) is 13.8 Å². The Balaban J connectivity index is 2.40. The number of aryl methyl sites for hydroxylation is 2. The van der Waals surface area contributed by atoms with Crippen molar-refractivity contribution in [3.05, 3.63) is 41.2 Å². The summed E-state index contributed by atoms with van der Waals surface area (Å²) in [5.74, 6) is 2.28. The summed E-state index contributed by atoms with van der Waals surface area (Å²) < 4.78 is 5.96. The van der Waals surface area contributed by atoms with Crippen LogP contribution < -0.4 is 10.1 Å². The summed E-state index contributed by atoms with van der Waals surface area (Å²) in [5, 5.41) is 3.07. The zero-order valence-corrected chi connectivity index (χ0v) is 11.8. The molecule has 19 heavy (non-hydrogen) atoms. The molecule has 1 aromatic heterocycles. The lowest BCUT2D eigenvalue weighted by Crippen LogP contribution is -2.02. The Morgan fingerprint density at radius 1 is 1.21 bits per heavy atom. The Bertz CT molecular complexity index is 582. The second-order valence-corrected chi connectivity index (χ2v) is 4.48. The second-order valence-electron chi connectivity index (χ2n) is 4.48. The van der Waals surface area contributed by atoms with Crippen LogP contribution in [0.3, 0.4) is 0 Å². The van der Waals surface area contributed by atoms with Gasteiger partial charge in [-0.2, -0.15) is 0 Å². The van der Waals surface area contributed by atoms with Crippen molar-refractivity contribution in [2.45, 2.75) is 27.2 Å². The molecule has 0 aliphatic rings. The summed E-state index contributed by atoms with van der Waals surface area (Å²) in [7, 11) is 1.85. The highest BCUT2D eigenvalue weighted by Gasteiger charge is 2.12. The van der Waals surface area contributed by atoms with Gasteiger partial charge in [-0.05, 0) is 37.5 Å². The first-order chi connectivity index (χ1) is 9.15. The van der Waals surface area contributed by atoms with Gasteiger partial charge < -0.3 is 10.1 Å². The molecule has 0 radical (unpaired) electrons. The SMILES string of the molecule is CCc1c(NC)ncnc1Oc1cc(C)ccc1C. The van der Waals surface area contributed by atoms with Crippen molar-refractivity contribution in [3.63, 3.8) is 0 Å². The number of aromatic nitrogens is 2. The molecule has 0 spiro atoms. The molecule has 0 bridgehead atoms. The van der Waals surface area contributed by atoms with Gasteiger partial charge in [-0.25, -0.2) is 9.97 Å². The molecule has 1 N–H and O–H groups in total. The fourth-order valence-electron chi connectivity index (χ4n) is 1.94. The number of benzene rings is 1. The third kappa shape index (κ3) is 2.84. The Kier molecular flexibility index (Phi) is 4.00. The van der Waals surface area contributed by atoms with Gasteiger partial charge in [-0.15, -0.1) is 0 Å². The molecule has 0 aliphatic carbocycles. The van der Waals surface area contributed by atoms with Crippen LogP contribution in [0.5, 0.6) is 11.6 Å². The van der Waals surface area contributed by atoms with Gasteiger partial charge in [-0.3, -0.25) is 0 Å². The first-order valence-electron chi connectivity index (χ1n) is 6.42. The van der Waals surface area contributed by atoms with E-state index in [0.29, 0.717) is 5.88 Å². The average Bonchev–Trinajstić information content (AvgIpc) is 2.42. The zero-order chi connectivity index (χ0) is 13.8. The monoisotopic (exact) mass is 257 g/mol. The van der Waals surface area contributed by atoms with E-state index in [1.165, 1.54) is 11.9 Å².